The molecule has 8 aromatic rings. The summed E-state index contributed by atoms with van der Waals surface area (Å²) >= 11 is 0. The molecule has 7 aromatic carbocycles. The Morgan fingerprint density at radius 3 is 0.923 bits per heavy atom. The zero-order valence-electron chi connectivity index (χ0n) is 28.0. The maximum atomic E-state index is 5.90. The Bertz CT molecular complexity index is 2390. The van der Waals surface area contributed by atoms with Crippen LogP contribution >= 0.6 is 0 Å². The van der Waals surface area contributed by atoms with Crippen molar-refractivity contribution in [3.8, 4) is 69.2 Å². The average molecular weight is 667 g/mol. The lowest BCUT2D eigenvalue weighted by Crippen LogP contribution is -1.95. The third kappa shape index (κ3) is 7.74. The van der Waals surface area contributed by atoms with Crippen LogP contribution in [0.4, 0.5) is 0 Å². The second-order valence-corrected chi connectivity index (χ2v) is 11.9. The lowest BCUT2D eigenvalue weighted by atomic mass is 10.0. The number of para-hydroxylation sites is 4. The number of hydrogen-bond donors (Lipinski definition) is 0. The van der Waals surface area contributed by atoms with Crippen LogP contribution in [0, 0.1) is 23.7 Å². The van der Waals surface area contributed by atoms with Gasteiger partial charge in [-0.3, -0.25) is 0 Å². The van der Waals surface area contributed by atoms with Crippen LogP contribution in [0.25, 0.3) is 33.5 Å². The molecule has 0 N–H and O–H groups in total. The minimum atomic E-state index is 0.771. The summed E-state index contributed by atoms with van der Waals surface area (Å²) in [5, 5.41) is 0. The summed E-state index contributed by atoms with van der Waals surface area (Å²) in [6.45, 7) is 0. The molecule has 0 aliphatic rings. The van der Waals surface area contributed by atoms with E-state index in [1.54, 1.807) is 0 Å². The zero-order valence-corrected chi connectivity index (χ0v) is 28.0. The lowest BCUT2D eigenvalue weighted by Gasteiger charge is -2.11. The summed E-state index contributed by atoms with van der Waals surface area (Å²) < 4.78 is 11.8. The Balaban J connectivity index is 0.999. The van der Waals surface area contributed by atoms with Gasteiger partial charge in [0.1, 0.15) is 23.0 Å². The molecule has 8 rings (SSSR count). The van der Waals surface area contributed by atoms with Crippen molar-refractivity contribution in [1.29, 1.82) is 0 Å². The van der Waals surface area contributed by atoms with E-state index in [9.17, 15) is 0 Å². The van der Waals surface area contributed by atoms with Gasteiger partial charge in [0.15, 0.2) is 0 Å². The first-order valence-corrected chi connectivity index (χ1v) is 16.9. The molecule has 0 unspecified atom stereocenters. The van der Waals surface area contributed by atoms with E-state index < -0.39 is 0 Å². The largest absolute Gasteiger partial charge is 0.457 e. The monoisotopic (exact) mass is 666 g/mol. The first kappa shape index (κ1) is 31.8. The number of rotatable bonds is 6. The van der Waals surface area contributed by atoms with Crippen LogP contribution in [-0.2, 0) is 0 Å². The number of aromatic nitrogens is 2. The highest BCUT2D eigenvalue weighted by Gasteiger charge is 2.13. The summed E-state index contributed by atoms with van der Waals surface area (Å²) in [5.74, 6) is 16.2. The van der Waals surface area contributed by atoms with Gasteiger partial charge in [-0.2, -0.15) is 0 Å². The summed E-state index contributed by atoms with van der Waals surface area (Å²) in [6, 6.07) is 59.3. The maximum absolute atomic E-state index is 5.90. The molecule has 4 nitrogen and oxygen atoms in total. The van der Waals surface area contributed by atoms with Crippen molar-refractivity contribution in [1.82, 2.24) is 9.97 Å². The predicted molar refractivity (Wildman–Crippen MR) is 208 cm³/mol. The van der Waals surface area contributed by atoms with Crippen molar-refractivity contribution in [2.75, 3.05) is 0 Å². The molecular formula is C48H30N2O2. The van der Waals surface area contributed by atoms with E-state index in [-0.39, 0.29) is 0 Å². The van der Waals surface area contributed by atoms with E-state index in [1.807, 2.05) is 158 Å². The fourth-order valence-electron chi connectivity index (χ4n) is 5.58. The molecule has 0 atom stereocenters. The fourth-order valence-corrected chi connectivity index (χ4v) is 5.58. The Morgan fingerprint density at radius 1 is 0.288 bits per heavy atom. The van der Waals surface area contributed by atoms with Gasteiger partial charge < -0.3 is 9.47 Å². The molecule has 0 spiro atoms. The number of hydrogen-bond acceptors (Lipinski definition) is 4. The summed E-state index contributed by atoms with van der Waals surface area (Å²) in [6.07, 6.45) is 0. The van der Waals surface area contributed by atoms with Gasteiger partial charge in [-0.05, 0) is 109 Å². The van der Waals surface area contributed by atoms with Crippen molar-refractivity contribution < 1.29 is 9.47 Å². The third-order valence-electron chi connectivity index (χ3n) is 8.26. The lowest BCUT2D eigenvalue weighted by molar-refractivity contribution is 0.482. The van der Waals surface area contributed by atoms with Crippen LogP contribution in [-0.4, -0.2) is 9.97 Å². The Morgan fingerprint density at radius 2 is 0.577 bits per heavy atom. The molecule has 0 radical (unpaired) electrons. The first-order chi connectivity index (χ1) is 25.7. The van der Waals surface area contributed by atoms with Crippen LogP contribution < -0.4 is 9.47 Å². The molecule has 0 saturated carbocycles. The quantitative estimate of drug-likeness (QED) is 0.166. The molecule has 52 heavy (non-hydrogen) atoms. The van der Waals surface area contributed by atoms with Gasteiger partial charge in [0.25, 0.3) is 0 Å². The highest BCUT2D eigenvalue weighted by atomic mass is 16.5. The summed E-state index contributed by atoms with van der Waals surface area (Å²) in [4.78, 5) is 10.1. The number of benzene rings is 7. The van der Waals surface area contributed by atoms with E-state index in [0.29, 0.717) is 0 Å². The molecule has 0 amide bonds. The minimum absolute atomic E-state index is 0.771. The van der Waals surface area contributed by atoms with Crippen LogP contribution in [0.15, 0.2) is 182 Å². The fraction of sp³-hybridized carbons (Fsp3) is 0. The van der Waals surface area contributed by atoms with Crippen molar-refractivity contribution in [2.24, 2.45) is 0 Å². The molecule has 0 aliphatic carbocycles. The van der Waals surface area contributed by atoms with E-state index in [2.05, 4.69) is 47.9 Å². The third-order valence-corrected chi connectivity index (χ3v) is 8.26. The second-order valence-electron chi connectivity index (χ2n) is 11.9. The summed E-state index contributed by atoms with van der Waals surface area (Å²) in [7, 11) is 0. The minimum Gasteiger partial charge on any atom is -0.457 e. The van der Waals surface area contributed by atoms with Crippen LogP contribution in [0.5, 0.6) is 23.0 Å². The van der Waals surface area contributed by atoms with Gasteiger partial charge in [-0.25, -0.2) is 9.97 Å². The van der Waals surface area contributed by atoms with Gasteiger partial charge in [0.05, 0.1) is 22.4 Å². The van der Waals surface area contributed by atoms with Gasteiger partial charge in [0, 0.05) is 33.4 Å². The Kier molecular flexibility index (Phi) is 9.19. The van der Waals surface area contributed by atoms with Crippen molar-refractivity contribution in [3.63, 3.8) is 0 Å². The molecule has 0 saturated heterocycles. The van der Waals surface area contributed by atoms with E-state index in [4.69, 9.17) is 19.4 Å². The predicted octanol–water partition coefficient (Wildman–Crippen LogP) is 11.3. The van der Waals surface area contributed by atoms with Gasteiger partial charge in [-0.15, -0.1) is 0 Å². The number of ether oxygens (including phenoxy) is 2. The van der Waals surface area contributed by atoms with Gasteiger partial charge in [0.2, 0.25) is 0 Å². The smallest absolute Gasteiger partial charge is 0.127 e. The second kappa shape index (κ2) is 15.0. The molecule has 0 bridgehead atoms. The number of nitrogens with zero attached hydrogens (tertiary/aromatic N) is 2. The van der Waals surface area contributed by atoms with Crippen molar-refractivity contribution in [3.05, 3.63) is 204 Å². The van der Waals surface area contributed by atoms with Crippen molar-refractivity contribution >= 4 is 11.0 Å². The van der Waals surface area contributed by atoms with Gasteiger partial charge in [-0.1, -0.05) is 96.5 Å². The standard InChI is InChI=1S/C48H30N2O2/c1-3-9-41(10-4-1)51-43-31-23-37(24-32-43)17-15-35-19-27-39(28-20-35)47-48(50-46-14-8-7-13-45(46)49-47)40-29-21-36(22-30-40)16-18-38-25-33-44(34-26-38)52-42-11-5-2-6-12-42/h1-14,19-34H. The molecule has 244 valence electrons. The summed E-state index contributed by atoms with van der Waals surface area (Å²) in [5.41, 5.74) is 8.86. The molecular weight excluding hydrogens is 637 g/mol. The van der Waals surface area contributed by atoms with Crippen molar-refractivity contribution in [2.45, 2.75) is 0 Å². The Hall–Kier alpha value is -7.40. The van der Waals surface area contributed by atoms with E-state index >= 15 is 0 Å². The molecule has 0 aliphatic heterocycles. The SMILES string of the molecule is C(#Cc1ccc(-c2nc3ccccc3nc2-c2ccc(C#Cc3ccc(Oc4ccccc4)cc3)cc2)cc1)c1ccc(Oc2ccccc2)cc1. The average Bonchev–Trinajstić information content (AvgIpc) is 3.21. The van der Waals surface area contributed by atoms with E-state index in [0.717, 1.165) is 78.8 Å². The maximum Gasteiger partial charge on any atom is 0.127 e. The topological polar surface area (TPSA) is 44.2 Å². The van der Waals surface area contributed by atoms with Crippen LogP contribution in [0.3, 0.4) is 0 Å². The highest BCUT2D eigenvalue weighted by Crippen LogP contribution is 2.31. The molecule has 1 heterocycles. The Labute approximate surface area is 303 Å². The van der Waals surface area contributed by atoms with Gasteiger partial charge >= 0.3 is 0 Å². The molecule has 4 heteroatoms. The van der Waals surface area contributed by atoms with Crippen LogP contribution in [0.2, 0.25) is 0 Å². The zero-order chi connectivity index (χ0) is 35.0. The molecule has 0 fully saturated rings. The van der Waals surface area contributed by atoms with Crippen LogP contribution in [0.1, 0.15) is 22.3 Å². The normalized spacial score (nSPS) is 10.4. The van der Waals surface area contributed by atoms with E-state index in [1.165, 1.54) is 0 Å². The molecule has 1 aromatic heterocycles. The number of fused-ring (bicyclic) bond motifs is 1. The first-order valence-electron chi connectivity index (χ1n) is 16.9. The highest BCUT2D eigenvalue weighted by molar-refractivity contribution is 5.86.